The lowest BCUT2D eigenvalue weighted by atomic mass is 10.1. The SMILES string of the molecule is CCNc1c(F)cccc1C(=O)Nc1cccc(C)n1. The average molecular weight is 273 g/mol. The van der Waals surface area contributed by atoms with Crippen molar-refractivity contribution in [2.75, 3.05) is 17.2 Å². The van der Waals surface area contributed by atoms with E-state index in [4.69, 9.17) is 0 Å². The lowest BCUT2D eigenvalue weighted by Crippen LogP contribution is -2.16. The summed E-state index contributed by atoms with van der Waals surface area (Å²) >= 11 is 0. The minimum Gasteiger partial charge on any atom is -0.382 e. The number of anilines is 2. The van der Waals surface area contributed by atoms with Crippen LogP contribution in [0.4, 0.5) is 15.9 Å². The highest BCUT2D eigenvalue weighted by Gasteiger charge is 2.15. The van der Waals surface area contributed by atoms with Crippen LogP contribution in [0.1, 0.15) is 23.0 Å². The summed E-state index contributed by atoms with van der Waals surface area (Å²) in [5, 5.41) is 5.53. The molecule has 4 nitrogen and oxygen atoms in total. The number of hydrogen-bond donors (Lipinski definition) is 2. The smallest absolute Gasteiger partial charge is 0.259 e. The van der Waals surface area contributed by atoms with Gasteiger partial charge in [-0.2, -0.15) is 0 Å². The summed E-state index contributed by atoms with van der Waals surface area (Å²) in [7, 11) is 0. The Morgan fingerprint density at radius 3 is 2.70 bits per heavy atom. The van der Waals surface area contributed by atoms with Crippen molar-refractivity contribution in [3.63, 3.8) is 0 Å². The molecule has 2 rings (SSSR count). The highest BCUT2D eigenvalue weighted by molar-refractivity contribution is 6.07. The molecule has 0 spiro atoms. The van der Waals surface area contributed by atoms with Gasteiger partial charge in [0.15, 0.2) is 0 Å². The van der Waals surface area contributed by atoms with Gasteiger partial charge in [-0.15, -0.1) is 0 Å². The number of amides is 1. The van der Waals surface area contributed by atoms with Gasteiger partial charge in [-0.25, -0.2) is 9.37 Å². The van der Waals surface area contributed by atoms with Gasteiger partial charge in [0.25, 0.3) is 5.91 Å². The standard InChI is InChI=1S/C15H16FN3O/c1-3-17-14-11(7-5-8-12(14)16)15(20)19-13-9-4-6-10(2)18-13/h4-9,17H,3H2,1-2H3,(H,18,19,20). The number of carbonyl (C=O) groups excluding carboxylic acids is 1. The molecule has 1 heterocycles. The molecule has 0 radical (unpaired) electrons. The maximum atomic E-state index is 13.7. The number of aromatic nitrogens is 1. The van der Waals surface area contributed by atoms with Crippen molar-refractivity contribution < 1.29 is 9.18 Å². The number of hydrogen-bond acceptors (Lipinski definition) is 3. The second kappa shape index (κ2) is 6.14. The molecule has 0 unspecified atom stereocenters. The Labute approximate surface area is 117 Å². The van der Waals surface area contributed by atoms with Crippen molar-refractivity contribution in [2.45, 2.75) is 13.8 Å². The van der Waals surface area contributed by atoms with Gasteiger partial charge in [0, 0.05) is 12.2 Å². The van der Waals surface area contributed by atoms with Crippen molar-refractivity contribution in [3.05, 3.63) is 53.5 Å². The van der Waals surface area contributed by atoms with Gasteiger partial charge in [-0.3, -0.25) is 4.79 Å². The van der Waals surface area contributed by atoms with Crippen LogP contribution in [0.3, 0.4) is 0 Å². The van der Waals surface area contributed by atoms with E-state index in [-0.39, 0.29) is 11.3 Å². The Bertz CT molecular complexity index is 628. The number of nitrogens with one attached hydrogen (secondary N) is 2. The molecular weight excluding hydrogens is 257 g/mol. The molecule has 0 bridgehead atoms. The third-order valence-corrected chi connectivity index (χ3v) is 2.74. The van der Waals surface area contributed by atoms with Gasteiger partial charge >= 0.3 is 0 Å². The molecule has 20 heavy (non-hydrogen) atoms. The molecule has 0 aliphatic heterocycles. The summed E-state index contributed by atoms with van der Waals surface area (Å²) in [4.78, 5) is 16.4. The van der Waals surface area contributed by atoms with Crippen molar-refractivity contribution in [2.24, 2.45) is 0 Å². The molecule has 2 N–H and O–H groups in total. The van der Waals surface area contributed by atoms with E-state index in [1.807, 2.05) is 19.9 Å². The van der Waals surface area contributed by atoms with Crippen LogP contribution in [0.2, 0.25) is 0 Å². The normalized spacial score (nSPS) is 10.2. The minimum atomic E-state index is -0.447. The Hall–Kier alpha value is -2.43. The van der Waals surface area contributed by atoms with Crippen LogP contribution in [-0.4, -0.2) is 17.4 Å². The van der Waals surface area contributed by atoms with Crippen LogP contribution in [0.15, 0.2) is 36.4 Å². The minimum absolute atomic E-state index is 0.208. The fraction of sp³-hybridized carbons (Fsp3) is 0.200. The zero-order chi connectivity index (χ0) is 14.5. The summed E-state index contributed by atoms with van der Waals surface area (Å²) in [5.74, 6) is -0.392. The zero-order valence-corrected chi connectivity index (χ0v) is 11.4. The van der Waals surface area contributed by atoms with Crippen molar-refractivity contribution >= 4 is 17.4 Å². The highest BCUT2D eigenvalue weighted by Crippen LogP contribution is 2.20. The average Bonchev–Trinajstić information content (AvgIpc) is 2.41. The molecule has 1 aromatic carbocycles. The fourth-order valence-electron chi connectivity index (χ4n) is 1.87. The molecule has 1 aromatic heterocycles. The number of nitrogens with zero attached hydrogens (tertiary/aromatic N) is 1. The van der Waals surface area contributed by atoms with Crippen LogP contribution in [0.25, 0.3) is 0 Å². The Kier molecular flexibility index (Phi) is 4.30. The summed E-state index contributed by atoms with van der Waals surface area (Å²) in [6.07, 6.45) is 0. The van der Waals surface area contributed by atoms with E-state index in [1.54, 1.807) is 18.2 Å². The maximum absolute atomic E-state index is 13.7. The van der Waals surface area contributed by atoms with Crippen molar-refractivity contribution in [1.29, 1.82) is 0 Å². The van der Waals surface area contributed by atoms with Gasteiger partial charge in [-0.05, 0) is 38.1 Å². The van der Waals surface area contributed by atoms with Gasteiger partial charge in [0.05, 0.1) is 11.3 Å². The molecule has 1 amide bonds. The van der Waals surface area contributed by atoms with Gasteiger partial charge < -0.3 is 10.6 Å². The lowest BCUT2D eigenvalue weighted by molar-refractivity contribution is 0.102. The van der Waals surface area contributed by atoms with E-state index < -0.39 is 11.7 Å². The highest BCUT2D eigenvalue weighted by atomic mass is 19.1. The second-order valence-corrected chi connectivity index (χ2v) is 4.31. The number of para-hydroxylation sites is 1. The Balaban J connectivity index is 2.27. The van der Waals surface area contributed by atoms with E-state index in [1.165, 1.54) is 12.1 Å². The van der Waals surface area contributed by atoms with Crippen LogP contribution >= 0.6 is 0 Å². The second-order valence-electron chi connectivity index (χ2n) is 4.31. The topological polar surface area (TPSA) is 54.0 Å². The van der Waals surface area contributed by atoms with Gasteiger partial charge in [-0.1, -0.05) is 12.1 Å². The number of halogens is 1. The first-order chi connectivity index (χ1) is 9.61. The largest absolute Gasteiger partial charge is 0.382 e. The van der Waals surface area contributed by atoms with Crippen molar-refractivity contribution in [1.82, 2.24) is 4.98 Å². The summed E-state index contributed by atoms with van der Waals surface area (Å²) in [6.45, 7) is 4.21. The third kappa shape index (κ3) is 3.12. The number of pyridine rings is 1. The van der Waals surface area contributed by atoms with Gasteiger partial charge in [0.2, 0.25) is 0 Å². The van der Waals surface area contributed by atoms with Crippen LogP contribution in [-0.2, 0) is 0 Å². The molecule has 104 valence electrons. The number of benzene rings is 1. The molecule has 0 aliphatic rings. The van der Waals surface area contributed by atoms with Crippen molar-refractivity contribution in [3.8, 4) is 0 Å². The quantitative estimate of drug-likeness (QED) is 0.899. The first-order valence-corrected chi connectivity index (χ1v) is 6.39. The molecule has 0 fully saturated rings. The molecule has 0 saturated carbocycles. The van der Waals surface area contributed by atoms with E-state index in [9.17, 15) is 9.18 Å². The molecular formula is C15H16FN3O. The Morgan fingerprint density at radius 2 is 2.00 bits per heavy atom. The van der Waals surface area contributed by atoms with Gasteiger partial charge in [0.1, 0.15) is 11.6 Å². The monoisotopic (exact) mass is 273 g/mol. The predicted molar refractivity (Wildman–Crippen MR) is 77.5 cm³/mol. The summed E-state index contributed by atoms with van der Waals surface area (Å²) in [5.41, 5.74) is 1.27. The maximum Gasteiger partial charge on any atom is 0.259 e. The fourth-order valence-corrected chi connectivity index (χ4v) is 1.87. The van der Waals surface area contributed by atoms with Crippen LogP contribution in [0.5, 0.6) is 0 Å². The number of aryl methyl sites for hydroxylation is 1. The third-order valence-electron chi connectivity index (χ3n) is 2.74. The summed E-state index contributed by atoms with van der Waals surface area (Å²) in [6, 6.07) is 9.73. The predicted octanol–water partition coefficient (Wildman–Crippen LogP) is 3.21. The molecule has 0 saturated heterocycles. The van der Waals surface area contributed by atoms with Crippen LogP contribution in [0, 0.1) is 12.7 Å². The van der Waals surface area contributed by atoms with E-state index >= 15 is 0 Å². The number of carbonyl (C=O) groups is 1. The van der Waals surface area contributed by atoms with E-state index in [2.05, 4.69) is 15.6 Å². The van der Waals surface area contributed by atoms with E-state index in [0.29, 0.717) is 12.4 Å². The molecule has 0 aliphatic carbocycles. The Morgan fingerprint density at radius 1 is 1.25 bits per heavy atom. The molecule has 5 heteroatoms. The first-order valence-electron chi connectivity index (χ1n) is 6.39. The van der Waals surface area contributed by atoms with E-state index in [0.717, 1.165) is 5.69 Å². The molecule has 2 aromatic rings. The number of rotatable bonds is 4. The zero-order valence-electron chi connectivity index (χ0n) is 11.4. The van der Waals surface area contributed by atoms with Crippen LogP contribution < -0.4 is 10.6 Å². The lowest BCUT2D eigenvalue weighted by Gasteiger charge is -2.11. The summed E-state index contributed by atoms with van der Waals surface area (Å²) < 4.78 is 13.7. The molecule has 0 atom stereocenters. The first kappa shape index (κ1) is 14.0.